The molecule has 0 bridgehead atoms. The summed E-state index contributed by atoms with van der Waals surface area (Å²) in [6.07, 6.45) is 3.14. The summed E-state index contributed by atoms with van der Waals surface area (Å²) in [5.74, 6) is 0. The molecule has 2 aliphatic heterocycles. The maximum absolute atomic E-state index is 13.1. The van der Waals surface area contributed by atoms with Gasteiger partial charge in [-0.25, -0.2) is 4.79 Å². The van der Waals surface area contributed by atoms with E-state index in [0.717, 1.165) is 34.9 Å². The highest BCUT2D eigenvalue weighted by molar-refractivity contribution is 7.18. The molecule has 2 aliphatic rings. The van der Waals surface area contributed by atoms with Crippen LogP contribution in [0.5, 0.6) is 0 Å². The molecule has 0 unspecified atom stereocenters. The van der Waals surface area contributed by atoms with Crippen LogP contribution in [0, 0.1) is 0 Å². The molecule has 0 aromatic carbocycles. The first-order valence-electron chi connectivity index (χ1n) is 9.77. The predicted octanol–water partition coefficient (Wildman–Crippen LogP) is -0.253. The molecule has 2 aromatic rings. The molecule has 0 spiro atoms. The third-order valence-electron chi connectivity index (χ3n) is 5.76. The van der Waals surface area contributed by atoms with Crippen molar-refractivity contribution < 1.29 is 14.7 Å². The minimum atomic E-state index is -0.323. The number of hydrogen-bond donors (Lipinski definition) is 2. The smallest absolute Gasteiger partial charge is 0.332 e. The van der Waals surface area contributed by atoms with Gasteiger partial charge in [-0.1, -0.05) is 0 Å². The van der Waals surface area contributed by atoms with E-state index < -0.39 is 0 Å². The van der Waals surface area contributed by atoms with E-state index in [4.69, 9.17) is 4.74 Å². The van der Waals surface area contributed by atoms with E-state index in [-0.39, 0.29) is 30.0 Å². The zero-order valence-electron chi connectivity index (χ0n) is 16.0. The van der Waals surface area contributed by atoms with E-state index in [1.54, 1.807) is 4.57 Å². The summed E-state index contributed by atoms with van der Waals surface area (Å²) in [4.78, 5) is 29.4. The summed E-state index contributed by atoms with van der Waals surface area (Å²) in [6, 6.07) is 0. The molecule has 8 heteroatoms. The van der Waals surface area contributed by atoms with E-state index in [9.17, 15) is 14.7 Å². The molecule has 0 aliphatic carbocycles. The third kappa shape index (κ3) is 3.40. The van der Waals surface area contributed by atoms with Crippen LogP contribution in [0.4, 0.5) is 0 Å². The number of aliphatic hydroxyl groups is 1. The maximum atomic E-state index is 13.1. The van der Waals surface area contributed by atoms with Crippen LogP contribution in [0.2, 0.25) is 0 Å². The van der Waals surface area contributed by atoms with Crippen molar-refractivity contribution in [1.82, 2.24) is 9.13 Å². The topological polar surface area (TPSA) is 77.9 Å². The molecular weight excluding hydrogens is 366 g/mol. The Hall–Kier alpha value is -1.48. The molecule has 2 aromatic heterocycles. The van der Waals surface area contributed by atoms with Gasteiger partial charge in [0, 0.05) is 24.1 Å². The lowest BCUT2D eigenvalue weighted by Gasteiger charge is -2.29. The van der Waals surface area contributed by atoms with Gasteiger partial charge in [0.05, 0.1) is 56.9 Å². The Morgan fingerprint density at radius 1 is 1.19 bits per heavy atom. The molecule has 0 radical (unpaired) electrons. The van der Waals surface area contributed by atoms with Crippen LogP contribution in [-0.4, -0.2) is 46.1 Å². The van der Waals surface area contributed by atoms with Gasteiger partial charge in [-0.15, -0.1) is 11.3 Å². The maximum Gasteiger partial charge on any atom is 0.332 e. The first-order chi connectivity index (χ1) is 12.9. The van der Waals surface area contributed by atoms with Crippen molar-refractivity contribution in [2.24, 2.45) is 0 Å². The Labute approximate surface area is 161 Å². The summed E-state index contributed by atoms with van der Waals surface area (Å²) >= 11 is 1.52. The minimum Gasteiger partial charge on any atom is -0.395 e. The van der Waals surface area contributed by atoms with Crippen molar-refractivity contribution in [3.05, 3.63) is 31.3 Å². The number of rotatable bonds is 5. The van der Waals surface area contributed by atoms with Crippen LogP contribution in [0.1, 0.15) is 37.1 Å². The fourth-order valence-electron chi connectivity index (χ4n) is 4.29. The van der Waals surface area contributed by atoms with E-state index in [1.165, 1.54) is 33.6 Å². The Morgan fingerprint density at radius 2 is 1.93 bits per heavy atom. The van der Waals surface area contributed by atoms with E-state index in [2.05, 4.69) is 0 Å². The second kappa shape index (κ2) is 7.16. The monoisotopic (exact) mass is 394 g/mol. The van der Waals surface area contributed by atoms with Crippen molar-refractivity contribution in [1.29, 1.82) is 0 Å². The second-order valence-electron chi connectivity index (χ2n) is 8.23. The van der Waals surface area contributed by atoms with Crippen molar-refractivity contribution in [2.75, 3.05) is 26.2 Å². The van der Waals surface area contributed by atoms with Gasteiger partial charge in [-0.3, -0.25) is 13.9 Å². The van der Waals surface area contributed by atoms with Crippen molar-refractivity contribution in [3.8, 4) is 0 Å². The summed E-state index contributed by atoms with van der Waals surface area (Å²) < 4.78 is 8.88. The predicted molar refractivity (Wildman–Crippen MR) is 105 cm³/mol. The summed E-state index contributed by atoms with van der Waals surface area (Å²) in [5, 5.41) is 10.0. The number of nitrogens with one attached hydrogen (secondary N) is 1. The van der Waals surface area contributed by atoms with Gasteiger partial charge in [0.2, 0.25) is 0 Å². The molecule has 148 valence electrons. The van der Waals surface area contributed by atoms with E-state index in [0.29, 0.717) is 25.0 Å². The molecule has 7 nitrogen and oxygen atoms in total. The lowest BCUT2D eigenvalue weighted by atomic mass is 9.94. The van der Waals surface area contributed by atoms with E-state index in [1.807, 2.05) is 13.8 Å². The molecule has 1 fully saturated rings. The minimum absolute atomic E-state index is 0.0364. The average molecular weight is 395 g/mol. The standard InChI is InChI=1S/C19H27N3O4S/c1-19(2)11-13-14(12-26-19)27-17-15(13)16(24)21(9-10-23)18(25)22(17)8-7-20-5-3-4-6-20/h23H,3-12H2,1-2H3/p+1. The number of thiophene rings is 1. The lowest BCUT2D eigenvalue weighted by molar-refractivity contribution is -0.888. The highest BCUT2D eigenvalue weighted by atomic mass is 32.1. The van der Waals surface area contributed by atoms with Crippen molar-refractivity contribution in [2.45, 2.75) is 58.4 Å². The number of fused-ring (bicyclic) bond motifs is 3. The van der Waals surface area contributed by atoms with Crippen LogP contribution in [-0.2, 0) is 30.9 Å². The first kappa shape index (κ1) is 18.9. The molecule has 4 rings (SSSR count). The highest BCUT2D eigenvalue weighted by Gasteiger charge is 2.32. The Bertz CT molecular complexity index is 966. The lowest BCUT2D eigenvalue weighted by Crippen LogP contribution is -3.10. The number of ether oxygens (including phenoxy) is 1. The van der Waals surface area contributed by atoms with Crippen LogP contribution in [0.25, 0.3) is 10.2 Å². The van der Waals surface area contributed by atoms with Gasteiger partial charge in [0.1, 0.15) is 4.83 Å². The van der Waals surface area contributed by atoms with Crippen LogP contribution in [0.15, 0.2) is 9.59 Å². The van der Waals surface area contributed by atoms with Gasteiger partial charge in [-0.2, -0.15) is 0 Å². The number of likely N-dealkylation sites (tertiary alicyclic amines) is 1. The third-order valence-corrected chi connectivity index (χ3v) is 6.99. The Morgan fingerprint density at radius 3 is 2.63 bits per heavy atom. The molecule has 2 N–H and O–H groups in total. The molecular formula is C19H28N3O4S+. The fraction of sp³-hybridized carbons (Fsp3) is 0.684. The first-order valence-corrected chi connectivity index (χ1v) is 10.6. The van der Waals surface area contributed by atoms with Gasteiger partial charge < -0.3 is 14.7 Å². The van der Waals surface area contributed by atoms with Crippen LogP contribution in [0.3, 0.4) is 0 Å². The zero-order valence-corrected chi connectivity index (χ0v) is 16.9. The van der Waals surface area contributed by atoms with Gasteiger partial charge in [-0.05, 0) is 19.4 Å². The summed E-state index contributed by atoms with van der Waals surface area (Å²) in [7, 11) is 0. The SMILES string of the molecule is CC1(C)Cc2c(sc3c2c(=O)n(CCO)c(=O)n3CC[NH+]2CCCC2)CO1. The Balaban J connectivity index is 1.86. The number of aliphatic hydroxyl groups excluding tert-OH is 1. The number of nitrogens with zero attached hydrogens (tertiary/aromatic N) is 2. The molecule has 0 amide bonds. The molecule has 27 heavy (non-hydrogen) atoms. The average Bonchev–Trinajstić information content (AvgIpc) is 3.25. The van der Waals surface area contributed by atoms with Gasteiger partial charge in [0.25, 0.3) is 5.56 Å². The molecule has 0 atom stereocenters. The van der Waals surface area contributed by atoms with Crippen LogP contribution >= 0.6 is 11.3 Å². The summed E-state index contributed by atoms with van der Waals surface area (Å²) in [5.41, 5.74) is 0.115. The normalized spacial score (nSPS) is 19.7. The zero-order chi connectivity index (χ0) is 19.2. The molecule has 4 heterocycles. The molecule has 1 saturated heterocycles. The van der Waals surface area contributed by atoms with Crippen molar-refractivity contribution in [3.63, 3.8) is 0 Å². The Kier molecular flexibility index (Phi) is 5.00. The number of quaternary nitrogens is 1. The summed E-state index contributed by atoms with van der Waals surface area (Å²) in [6.45, 7) is 8.13. The van der Waals surface area contributed by atoms with Gasteiger partial charge >= 0.3 is 5.69 Å². The highest BCUT2D eigenvalue weighted by Crippen LogP contribution is 2.37. The quantitative estimate of drug-likeness (QED) is 0.733. The van der Waals surface area contributed by atoms with Gasteiger partial charge in [0.15, 0.2) is 0 Å². The number of hydrogen-bond acceptors (Lipinski definition) is 5. The fourth-order valence-corrected chi connectivity index (χ4v) is 5.53. The molecule has 0 saturated carbocycles. The second-order valence-corrected chi connectivity index (χ2v) is 9.31. The van der Waals surface area contributed by atoms with E-state index >= 15 is 0 Å². The van der Waals surface area contributed by atoms with Crippen molar-refractivity contribution >= 4 is 21.6 Å². The van der Waals surface area contributed by atoms with Crippen LogP contribution < -0.4 is 16.1 Å². The largest absolute Gasteiger partial charge is 0.395 e. The number of aromatic nitrogens is 2.